The normalized spacial score (nSPS) is 23.8. The fourth-order valence-corrected chi connectivity index (χ4v) is 4.14. The third kappa shape index (κ3) is 5.45. The first-order chi connectivity index (χ1) is 12.4. The number of nitrogens with zero attached hydrogens (tertiary/aromatic N) is 2. The standard InChI is InChI=1S/C21H33N3O2/c1-21(2,3)26-20(25)22-11-7-12-23-15-18-10-13-24(19(18)16-23)14-17-8-5-4-6-9-17/h4-6,8-9,18-19H,7,10-16H2,1-3H3,(H,22,25)/t18-,19+/m0/s1. The minimum absolute atomic E-state index is 0.315. The number of carbonyl (C=O) groups excluding carboxylic acids is 1. The molecule has 0 aliphatic carbocycles. The van der Waals surface area contributed by atoms with Gasteiger partial charge in [-0.1, -0.05) is 30.3 Å². The van der Waals surface area contributed by atoms with Crippen molar-refractivity contribution in [1.29, 1.82) is 0 Å². The van der Waals surface area contributed by atoms with E-state index in [9.17, 15) is 4.79 Å². The Labute approximate surface area is 157 Å². The van der Waals surface area contributed by atoms with Gasteiger partial charge in [0.2, 0.25) is 0 Å². The third-order valence-electron chi connectivity index (χ3n) is 5.29. The predicted molar refractivity (Wildman–Crippen MR) is 104 cm³/mol. The van der Waals surface area contributed by atoms with Crippen LogP contribution >= 0.6 is 0 Å². The van der Waals surface area contributed by atoms with Crippen molar-refractivity contribution in [3.05, 3.63) is 35.9 Å². The van der Waals surface area contributed by atoms with Gasteiger partial charge in [-0.25, -0.2) is 4.79 Å². The van der Waals surface area contributed by atoms with Crippen LogP contribution in [0.25, 0.3) is 0 Å². The van der Waals surface area contributed by atoms with Crippen LogP contribution in [0.1, 0.15) is 39.2 Å². The van der Waals surface area contributed by atoms with Crippen molar-refractivity contribution in [2.75, 3.05) is 32.7 Å². The summed E-state index contributed by atoms with van der Waals surface area (Å²) in [6, 6.07) is 11.5. The zero-order valence-electron chi connectivity index (χ0n) is 16.4. The molecule has 3 rings (SSSR count). The van der Waals surface area contributed by atoms with Gasteiger partial charge in [0.1, 0.15) is 5.60 Å². The Kier molecular flexibility index (Phi) is 6.20. The minimum Gasteiger partial charge on any atom is -0.444 e. The summed E-state index contributed by atoms with van der Waals surface area (Å²) < 4.78 is 5.27. The first-order valence-electron chi connectivity index (χ1n) is 9.88. The molecule has 2 atom stereocenters. The van der Waals surface area contributed by atoms with Gasteiger partial charge in [-0.05, 0) is 58.2 Å². The van der Waals surface area contributed by atoms with Crippen molar-refractivity contribution >= 4 is 6.09 Å². The van der Waals surface area contributed by atoms with E-state index < -0.39 is 5.60 Å². The molecule has 1 amide bonds. The first-order valence-corrected chi connectivity index (χ1v) is 9.88. The van der Waals surface area contributed by atoms with E-state index in [0.29, 0.717) is 12.6 Å². The number of amides is 1. The molecule has 2 aliphatic rings. The third-order valence-corrected chi connectivity index (χ3v) is 5.29. The summed E-state index contributed by atoms with van der Waals surface area (Å²) >= 11 is 0. The van der Waals surface area contributed by atoms with Crippen molar-refractivity contribution in [3.8, 4) is 0 Å². The number of nitrogens with one attached hydrogen (secondary N) is 1. The predicted octanol–water partition coefficient (Wildman–Crippen LogP) is 3.11. The summed E-state index contributed by atoms with van der Waals surface area (Å²) in [6.07, 6.45) is 1.96. The van der Waals surface area contributed by atoms with Gasteiger partial charge >= 0.3 is 6.09 Å². The fraction of sp³-hybridized carbons (Fsp3) is 0.667. The van der Waals surface area contributed by atoms with Gasteiger partial charge in [-0.2, -0.15) is 0 Å². The molecule has 0 saturated carbocycles. The Morgan fingerprint density at radius 2 is 2.00 bits per heavy atom. The van der Waals surface area contributed by atoms with Crippen LogP contribution in [-0.2, 0) is 11.3 Å². The zero-order valence-corrected chi connectivity index (χ0v) is 16.4. The molecule has 0 unspecified atom stereocenters. The molecule has 1 aromatic rings. The number of hydrogen-bond acceptors (Lipinski definition) is 4. The Morgan fingerprint density at radius 1 is 1.23 bits per heavy atom. The molecule has 144 valence electrons. The molecule has 0 spiro atoms. The van der Waals surface area contributed by atoms with Crippen molar-refractivity contribution < 1.29 is 9.53 Å². The lowest BCUT2D eigenvalue weighted by Crippen LogP contribution is -2.36. The van der Waals surface area contributed by atoms with Crippen LogP contribution in [0.3, 0.4) is 0 Å². The lowest BCUT2D eigenvalue weighted by molar-refractivity contribution is 0.0526. The van der Waals surface area contributed by atoms with E-state index in [1.165, 1.54) is 25.1 Å². The van der Waals surface area contributed by atoms with Gasteiger partial charge in [-0.3, -0.25) is 4.90 Å². The largest absolute Gasteiger partial charge is 0.444 e. The molecule has 2 aliphatic heterocycles. The number of carbonyl (C=O) groups is 1. The van der Waals surface area contributed by atoms with Crippen LogP contribution in [0, 0.1) is 5.92 Å². The van der Waals surface area contributed by atoms with E-state index in [-0.39, 0.29) is 6.09 Å². The van der Waals surface area contributed by atoms with Crippen molar-refractivity contribution in [2.24, 2.45) is 5.92 Å². The number of hydrogen-bond donors (Lipinski definition) is 1. The topological polar surface area (TPSA) is 44.8 Å². The summed E-state index contributed by atoms with van der Waals surface area (Å²) in [7, 11) is 0. The van der Waals surface area contributed by atoms with E-state index in [0.717, 1.165) is 32.0 Å². The van der Waals surface area contributed by atoms with E-state index in [2.05, 4.69) is 45.4 Å². The smallest absolute Gasteiger partial charge is 0.407 e. The lowest BCUT2D eigenvalue weighted by Gasteiger charge is -2.25. The van der Waals surface area contributed by atoms with Gasteiger partial charge in [0.15, 0.2) is 0 Å². The number of likely N-dealkylation sites (tertiary alicyclic amines) is 2. The lowest BCUT2D eigenvalue weighted by atomic mass is 10.0. The Hall–Kier alpha value is -1.59. The maximum absolute atomic E-state index is 11.7. The number of benzene rings is 1. The molecule has 0 radical (unpaired) electrons. The minimum atomic E-state index is -0.432. The molecule has 26 heavy (non-hydrogen) atoms. The number of rotatable bonds is 6. The summed E-state index contributed by atoms with van der Waals surface area (Å²) in [5.74, 6) is 0.803. The second kappa shape index (κ2) is 8.40. The number of ether oxygens (including phenoxy) is 1. The van der Waals surface area contributed by atoms with Gasteiger partial charge < -0.3 is 15.0 Å². The Morgan fingerprint density at radius 3 is 2.73 bits per heavy atom. The summed E-state index contributed by atoms with van der Waals surface area (Å²) in [5, 5.41) is 2.86. The maximum atomic E-state index is 11.7. The number of fused-ring (bicyclic) bond motifs is 1. The highest BCUT2D eigenvalue weighted by atomic mass is 16.6. The van der Waals surface area contributed by atoms with Crippen LogP contribution in [0.15, 0.2) is 30.3 Å². The van der Waals surface area contributed by atoms with Crippen molar-refractivity contribution in [1.82, 2.24) is 15.1 Å². The molecule has 0 aromatic heterocycles. The summed E-state index contributed by atoms with van der Waals surface area (Å²) in [6.45, 7) is 12.0. The van der Waals surface area contributed by atoms with Crippen LogP contribution in [0.2, 0.25) is 0 Å². The highest BCUT2D eigenvalue weighted by molar-refractivity contribution is 5.67. The fourth-order valence-electron chi connectivity index (χ4n) is 4.14. The molecule has 2 fully saturated rings. The average Bonchev–Trinajstić information content (AvgIpc) is 3.13. The molecule has 1 aromatic carbocycles. The molecule has 1 N–H and O–H groups in total. The van der Waals surface area contributed by atoms with Crippen LogP contribution < -0.4 is 5.32 Å². The van der Waals surface area contributed by atoms with Gasteiger partial charge in [-0.15, -0.1) is 0 Å². The van der Waals surface area contributed by atoms with Gasteiger partial charge in [0, 0.05) is 32.2 Å². The van der Waals surface area contributed by atoms with E-state index in [1.54, 1.807) is 0 Å². The molecule has 0 bridgehead atoms. The molecule has 5 nitrogen and oxygen atoms in total. The molecule has 2 heterocycles. The van der Waals surface area contributed by atoms with Crippen LogP contribution in [0.5, 0.6) is 0 Å². The van der Waals surface area contributed by atoms with E-state index >= 15 is 0 Å². The van der Waals surface area contributed by atoms with Crippen molar-refractivity contribution in [2.45, 2.75) is 51.8 Å². The Balaban J connectivity index is 1.37. The SMILES string of the molecule is CC(C)(C)OC(=O)NCCCN1C[C@@H]2CCN(Cc3ccccc3)[C@@H]2C1. The average molecular weight is 360 g/mol. The first kappa shape index (κ1) is 19.2. The summed E-state index contributed by atoms with van der Waals surface area (Å²) in [5.41, 5.74) is 0.978. The summed E-state index contributed by atoms with van der Waals surface area (Å²) in [4.78, 5) is 16.9. The van der Waals surface area contributed by atoms with E-state index in [4.69, 9.17) is 4.74 Å². The highest BCUT2D eigenvalue weighted by Crippen LogP contribution is 2.32. The van der Waals surface area contributed by atoms with Gasteiger partial charge in [0.25, 0.3) is 0 Å². The highest BCUT2D eigenvalue weighted by Gasteiger charge is 2.40. The van der Waals surface area contributed by atoms with Crippen LogP contribution in [0.4, 0.5) is 4.79 Å². The van der Waals surface area contributed by atoms with Crippen molar-refractivity contribution in [3.63, 3.8) is 0 Å². The quantitative estimate of drug-likeness (QED) is 0.793. The van der Waals surface area contributed by atoms with Crippen LogP contribution in [-0.4, -0.2) is 60.3 Å². The Bertz CT molecular complexity index is 585. The molecular weight excluding hydrogens is 326 g/mol. The number of alkyl carbamates (subject to hydrolysis) is 1. The maximum Gasteiger partial charge on any atom is 0.407 e. The molecule has 5 heteroatoms. The molecular formula is C21H33N3O2. The molecule has 2 saturated heterocycles. The second-order valence-electron chi connectivity index (χ2n) is 8.61. The second-order valence-corrected chi connectivity index (χ2v) is 8.61. The monoisotopic (exact) mass is 359 g/mol. The van der Waals surface area contributed by atoms with Gasteiger partial charge in [0.05, 0.1) is 0 Å². The van der Waals surface area contributed by atoms with E-state index in [1.807, 2.05) is 20.8 Å². The zero-order chi connectivity index (χ0) is 18.6.